The van der Waals surface area contributed by atoms with Crippen molar-refractivity contribution in [3.8, 4) is 5.75 Å². The first-order chi connectivity index (χ1) is 7.07. The molecule has 0 fully saturated rings. The van der Waals surface area contributed by atoms with Gasteiger partial charge in [0.05, 0.1) is 11.6 Å². The summed E-state index contributed by atoms with van der Waals surface area (Å²) in [6, 6.07) is 4.41. The fourth-order valence-corrected chi connectivity index (χ4v) is 1.16. The minimum absolute atomic E-state index is 0.0306. The van der Waals surface area contributed by atoms with Crippen LogP contribution < -0.4 is 0 Å². The van der Waals surface area contributed by atoms with Crippen LogP contribution in [-0.4, -0.2) is 16.2 Å². The van der Waals surface area contributed by atoms with Gasteiger partial charge in [-0.25, -0.2) is 0 Å². The number of hydrogen-bond acceptors (Lipinski definition) is 3. The summed E-state index contributed by atoms with van der Waals surface area (Å²) in [4.78, 5) is 13.2. The highest BCUT2D eigenvalue weighted by atomic mass is 16.4. The predicted molar refractivity (Wildman–Crippen MR) is 53.0 cm³/mol. The zero-order valence-corrected chi connectivity index (χ0v) is 7.95. The number of benzene rings is 1. The number of aromatic hydroxyl groups is 1. The molecule has 0 heterocycles. The summed E-state index contributed by atoms with van der Waals surface area (Å²) in [5.74, 6) is -2.19. The van der Waals surface area contributed by atoms with E-state index in [1.807, 2.05) is 0 Å². The van der Waals surface area contributed by atoms with Crippen molar-refractivity contribution in [1.29, 1.82) is 0 Å². The van der Waals surface area contributed by atoms with Gasteiger partial charge in [-0.15, -0.1) is 0 Å². The van der Waals surface area contributed by atoms with Gasteiger partial charge < -0.3 is 10.2 Å². The predicted octanol–water partition coefficient (Wildman–Crippen LogP) is 2.52. The van der Waals surface area contributed by atoms with E-state index in [0.717, 1.165) is 0 Å². The van der Waals surface area contributed by atoms with E-state index in [9.17, 15) is 9.90 Å². The highest BCUT2D eigenvalue weighted by Gasteiger charge is 2.18. The third-order valence-electron chi connectivity index (χ3n) is 2.04. The zero-order chi connectivity index (χ0) is 11.4. The third kappa shape index (κ3) is 2.18. The standard InChI is InChI=1S/C9H9N3O3/c1-5(9(14)15)6-3-2-4-7(8(6)13)11-12-10/h2-5,13H,1H3,(H,14,15)/t5-/m1/s1. The molecule has 78 valence electrons. The van der Waals surface area contributed by atoms with Crippen LogP contribution in [-0.2, 0) is 4.79 Å². The van der Waals surface area contributed by atoms with Crippen molar-refractivity contribution in [3.05, 3.63) is 34.2 Å². The Morgan fingerprint density at radius 2 is 2.27 bits per heavy atom. The lowest BCUT2D eigenvalue weighted by Crippen LogP contribution is -2.07. The molecule has 1 aromatic carbocycles. The molecule has 1 aromatic rings. The minimum Gasteiger partial charge on any atom is -0.507 e. The zero-order valence-electron chi connectivity index (χ0n) is 7.95. The van der Waals surface area contributed by atoms with Crippen molar-refractivity contribution in [2.24, 2.45) is 5.11 Å². The molecule has 0 bridgehead atoms. The second-order valence-corrected chi connectivity index (χ2v) is 2.96. The summed E-state index contributed by atoms with van der Waals surface area (Å²) in [6.45, 7) is 1.44. The second-order valence-electron chi connectivity index (χ2n) is 2.96. The number of carboxylic acid groups (broad SMARTS) is 1. The lowest BCUT2D eigenvalue weighted by atomic mass is 10.00. The quantitative estimate of drug-likeness (QED) is 0.451. The fourth-order valence-electron chi connectivity index (χ4n) is 1.16. The molecule has 6 heteroatoms. The van der Waals surface area contributed by atoms with Crippen LogP contribution in [0.15, 0.2) is 23.3 Å². The molecular formula is C9H9N3O3. The second kappa shape index (κ2) is 4.34. The average Bonchev–Trinajstić information content (AvgIpc) is 2.20. The molecule has 15 heavy (non-hydrogen) atoms. The molecule has 0 unspecified atom stereocenters. The molecule has 1 atom stereocenters. The van der Waals surface area contributed by atoms with Gasteiger partial charge in [0.1, 0.15) is 5.75 Å². The summed E-state index contributed by atoms with van der Waals surface area (Å²) in [5.41, 5.74) is 8.47. The molecule has 0 aromatic heterocycles. The van der Waals surface area contributed by atoms with Crippen molar-refractivity contribution in [1.82, 2.24) is 0 Å². The van der Waals surface area contributed by atoms with E-state index in [1.165, 1.54) is 25.1 Å². The third-order valence-corrected chi connectivity index (χ3v) is 2.04. The van der Waals surface area contributed by atoms with Crippen LogP contribution in [0.3, 0.4) is 0 Å². The van der Waals surface area contributed by atoms with Gasteiger partial charge in [0.15, 0.2) is 0 Å². The first-order valence-corrected chi connectivity index (χ1v) is 4.17. The fraction of sp³-hybridized carbons (Fsp3) is 0.222. The SMILES string of the molecule is C[C@@H](C(=O)O)c1cccc(N=[N+]=[N-])c1O. The topological polar surface area (TPSA) is 106 Å². The molecule has 0 aliphatic rings. The van der Waals surface area contributed by atoms with E-state index in [1.54, 1.807) is 0 Å². The molecule has 0 radical (unpaired) electrons. The largest absolute Gasteiger partial charge is 0.507 e. The number of nitrogens with zero attached hydrogens (tertiary/aromatic N) is 3. The molecule has 0 amide bonds. The molecule has 0 spiro atoms. The number of phenolic OH excluding ortho intramolecular Hbond substituents is 1. The van der Waals surface area contributed by atoms with E-state index in [-0.39, 0.29) is 17.0 Å². The Bertz CT molecular complexity index is 438. The number of carbonyl (C=O) groups is 1. The first kappa shape index (κ1) is 10.9. The molecule has 0 aliphatic heterocycles. The summed E-state index contributed by atoms with van der Waals surface area (Å²) in [6.07, 6.45) is 0. The van der Waals surface area contributed by atoms with E-state index in [0.29, 0.717) is 0 Å². The van der Waals surface area contributed by atoms with Gasteiger partial charge in [0.25, 0.3) is 0 Å². The Hall–Kier alpha value is -2.20. The van der Waals surface area contributed by atoms with Crippen molar-refractivity contribution >= 4 is 11.7 Å². The lowest BCUT2D eigenvalue weighted by molar-refractivity contribution is -0.138. The van der Waals surface area contributed by atoms with Gasteiger partial charge in [-0.1, -0.05) is 17.2 Å². The number of phenols is 1. The average molecular weight is 207 g/mol. The molecule has 1 rings (SSSR count). The van der Waals surface area contributed by atoms with Gasteiger partial charge in [-0.2, -0.15) is 0 Å². The molecule has 2 N–H and O–H groups in total. The Balaban J connectivity index is 3.26. The summed E-state index contributed by atoms with van der Waals surface area (Å²) >= 11 is 0. The van der Waals surface area contributed by atoms with Gasteiger partial charge in [0, 0.05) is 10.5 Å². The molecular weight excluding hydrogens is 198 g/mol. The van der Waals surface area contributed by atoms with Crippen LogP contribution in [0.25, 0.3) is 10.4 Å². The number of hydrogen-bond donors (Lipinski definition) is 2. The van der Waals surface area contributed by atoms with Crippen LogP contribution in [0.1, 0.15) is 18.4 Å². The smallest absolute Gasteiger partial charge is 0.310 e. The van der Waals surface area contributed by atoms with Crippen LogP contribution in [0.5, 0.6) is 5.75 Å². The lowest BCUT2D eigenvalue weighted by Gasteiger charge is -2.09. The Labute approximate surface area is 85.4 Å². The van der Waals surface area contributed by atoms with Crippen LogP contribution in [0.4, 0.5) is 5.69 Å². The molecule has 0 aliphatic carbocycles. The first-order valence-electron chi connectivity index (χ1n) is 4.17. The van der Waals surface area contributed by atoms with E-state index in [4.69, 9.17) is 10.6 Å². The number of carboxylic acids is 1. The van der Waals surface area contributed by atoms with Crippen LogP contribution in [0.2, 0.25) is 0 Å². The van der Waals surface area contributed by atoms with Gasteiger partial charge >= 0.3 is 5.97 Å². The molecule has 0 saturated heterocycles. The van der Waals surface area contributed by atoms with Crippen molar-refractivity contribution in [2.45, 2.75) is 12.8 Å². The van der Waals surface area contributed by atoms with Crippen LogP contribution >= 0.6 is 0 Å². The van der Waals surface area contributed by atoms with Crippen molar-refractivity contribution in [3.63, 3.8) is 0 Å². The number of aliphatic carboxylic acids is 1. The van der Waals surface area contributed by atoms with Gasteiger partial charge in [0.2, 0.25) is 0 Å². The Morgan fingerprint density at radius 1 is 1.60 bits per heavy atom. The van der Waals surface area contributed by atoms with E-state index in [2.05, 4.69) is 10.0 Å². The maximum atomic E-state index is 10.7. The van der Waals surface area contributed by atoms with E-state index < -0.39 is 11.9 Å². The van der Waals surface area contributed by atoms with Gasteiger partial charge in [-0.05, 0) is 18.5 Å². The number of para-hydroxylation sites is 1. The summed E-state index contributed by atoms with van der Waals surface area (Å²) in [7, 11) is 0. The molecule has 0 saturated carbocycles. The maximum Gasteiger partial charge on any atom is 0.310 e. The monoisotopic (exact) mass is 207 g/mol. The highest BCUT2D eigenvalue weighted by Crippen LogP contribution is 2.34. The normalized spacial score (nSPS) is 11.5. The summed E-state index contributed by atoms with van der Waals surface area (Å²) < 4.78 is 0. The van der Waals surface area contributed by atoms with E-state index >= 15 is 0 Å². The van der Waals surface area contributed by atoms with Crippen molar-refractivity contribution in [2.75, 3.05) is 0 Å². The van der Waals surface area contributed by atoms with Gasteiger partial charge in [-0.3, -0.25) is 4.79 Å². The highest BCUT2D eigenvalue weighted by molar-refractivity contribution is 5.78. The number of azide groups is 1. The minimum atomic E-state index is -1.05. The Morgan fingerprint density at radius 3 is 2.80 bits per heavy atom. The van der Waals surface area contributed by atoms with Crippen LogP contribution in [0, 0.1) is 0 Å². The number of rotatable bonds is 3. The maximum absolute atomic E-state index is 10.7. The summed E-state index contributed by atoms with van der Waals surface area (Å²) in [5, 5.41) is 21.6. The van der Waals surface area contributed by atoms with Crippen molar-refractivity contribution < 1.29 is 15.0 Å². The Kier molecular flexibility index (Phi) is 3.15. The molecule has 6 nitrogen and oxygen atoms in total.